The number of nitrogens with zero attached hydrogens (tertiary/aromatic N) is 3. The van der Waals surface area contributed by atoms with E-state index in [1.807, 2.05) is 60.4 Å². The Labute approximate surface area is 177 Å². The van der Waals surface area contributed by atoms with Gasteiger partial charge in [-0.15, -0.1) is 0 Å². The van der Waals surface area contributed by atoms with Crippen molar-refractivity contribution in [1.82, 2.24) is 4.90 Å². The normalized spacial score (nSPS) is 19.3. The Balaban J connectivity index is 1.34. The molecule has 1 atom stereocenters. The summed E-state index contributed by atoms with van der Waals surface area (Å²) in [6, 6.07) is 15.5. The first-order valence-electron chi connectivity index (χ1n) is 10.4. The third kappa shape index (κ3) is 4.08. The minimum atomic E-state index is -0.278. The number of carbonyl (C=O) groups excluding carboxylic acids is 3. The molecule has 2 aliphatic rings. The maximum Gasteiger partial charge on any atom is 0.228 e. The Morgan fingerprint density at radius 1 is 0.867 bits per heavy atom. The number of Topliss-reactive ketones (excluding diaryl/α,β-unsaturated/α-hetero) is 1. The van der Waals surface area contributed by atoms with E-state index in [2.05, 4.69) is 4.90 Å². The summed E-state index contributed by atoms with van der Waals surface area (Å²) in [6.45, 7) is 6.80. The van der Waals surface area contributed by atoms with E-state index in [-0.39, 0.29) is 29.9 Å². The monoisotopic (exact) mass is 405 g/mol. The van der Waals surface area contributed by atoms with Crippen LogP contribution in [0.2, 0.25) is 0 Å². The van der Waals surface area contributed by atoms with Crippen LogP contribution in [0.5, 0.6) is 0 Å². The number of rotatable bonds is 4. The van der Waals surface area contributed by atoms with Crippen molar-refractivity contribution in [3.63, 3.8) is 0 Å². The van der Waals surface area contributed by atoms with Crippen molar-refractivity contribution in [2.45, 2.75) is 20.3 Å². The molecule has 2 heterocycles. The average molecular weight is 405 g/mol. The van der Waals surface area contributed by atoms with Gasteiger partial charge < -0.3 is 14.7 Å². The summed E-state index contributed by atoms with van der Waals surface area (Å²) < 4.78 is 0. The van der Waals surface area contributed by atoms with E-state index in [0.717, 1.165) is 30.0 Å². The molecule has 2 aliphatic heterocycles. The smallest absolute Gasteiger partial charge is 0.228 e. The van der Waals surface area contributed by atoms with Crippen LogP contribution in [0.25, 0.3) is 0 Å². The number of benzene rings is 2. The highest BCUT2D eigenvalue weighted by Crippen LogP contribution is 2.27. The van der Waals surface area contributed by atoms with Crippen LogP contribution in [0.3, 0.4) is 0 Å². The summed E-state index contributed by atoms with van der Waals surface area (Å²) in [4.78, 5) is 42.8. The molecule has 2 saturated heterocycles. The number of piperazine rings is 1. The molecular formula is C24H27N3O3. The van der Waals surface area contributed by atoms with Gasteiger partial charge in [-0.05, 0) is 50.2 Å². The second-order valence-electron chi connectivity index (χ2n) is 8.16. The molecule has 0 bridgehead atoms. The van der Waals surface area contributed by atoms with Crippen LogP contribution in [0.4, 0.5) is 11.4 Å². The molecule has 0 saturated carbocycles. The van der Waals surface area contributed by atoms with Crippen LogP contribution in [-0.2, 0) is 9.59 Å². The van der Waals surface area contributed by atoms with Gasteiger partial charge in [0.1, 0.15) is 0 Å². The summed E-state index contributed by atoms with van der Waals surface area (Å²) >= 11 is 0. The first-order valence-corrected chi connectivity index (χ1v) is 10.4. The summed E-state index contributed by atoms with van der Waals surface area (Å²) in [7, 11) is 0. The first kappa shape index (κ1) is 20.1. The highest BCUT2D eigenvalue weighted by atomic mass is 16.2. The van der Waals surface area contributed by atoms with Gasteiger partial charge in [0, 0.05) is 56.1 Å². The van der Waals surface area contributed by atoms with E-state index in [1.165, 1.54) is 0 Å². The van der Waals surface area contributed by atoms with Gasteiger partial charge in [0.05, 0.1) is 5.92 Å². The predicted octanol–water partition coefficient (Wildman–Crippen LogP) is 2.90. The van der Waals surface area contributed by atoms with E-state index >= 15 is 0 Å². The van der Waals surface area contributed by atoms with E-state index in [0.29, 0.717) is 25.2 Å². The SMILES string of the molecule is CC(=O)c1ccc(N2CCN(C(=O)[C@H]3CC(=O)N(c4ccc(C)cc4)C3)CC2)cc1. The number of amides is 2. The number of carbonyl (C=O) groups is 3. The molecule has 0 radical (unpaired) electrons. The fraction of sp³-hybridized carbons (Fsp3) is 0.375. The molecule has 0 unspecified atom stereocenters. The van der Waals surface area contributed by atoms with Crippen LogP contribution < -0.4 is 9.80 Å². The average Bonchev–Trinajstić information content (AvgIpc) is 3.15. The number of anilines is 2. The molecule has 0 spiro atoms. The molecule has 6 heteroatoms. The van der Waals surface area contributed by atoms with E-state index in [4.69, 9.17) is 0 Å². The van der Waals surface area contributed by atoms with Gasteiger partial charge >= 0.3 is 0 Å². The molecule has 2 fully saturated rings. The van der Waals surface area contributed by atoms with Crippen LogP contribution in [-0.4, -0.2) is 55.2 Å². The number of hydrogen-bond donors (Lipinski definition) is 0. The number of ketones is 1. The van der Waals surface area contributed by atoms with E-state index < -0.39 is 0 Å². The predicted molar refractivity (Wildman–Crippen MR) is 117 cm³/mol. The van der Waals surface area contributed by atoms with Crippen molar-refractivity contribution in [3.8, 4) is 0 Å². The van der Waals surface area contributed by atoms with Crippen molar-refractivity contribution in [2.24, 2.45) is 5.92 Å². The molecule has 2 aromatic carbocycles. The van der Waals surface area contributed by atoms with Gasteiger partial charge in [-0.1, -0.05) is 17.7 Å². The summed E-state index contributed by atoms with van der Waals surface area (Å²) in [5, 5.41) is 0. The fourth-order valence-corrected chi connectivity index (χ4v) is 4.20. The van der Waals surface area contributed by atoms with E-state index in [1.54, 1.807) is 11.8 Å². The van der Waals surface area contributed by atoms with Crippen molar-refractivity contribution in [2.75, 3.05) is 42.5 Å². The van der Waals surface area contributed by atoms with Gasteiger partial charge in [0.15, 0.2) is 5.78 Å². The second-order valence-corrected chi connectivity index (χ2v) is 8.16. The zero-order chi connectivity index (χ0) is 21.3. The lowest BCUT2D eigenvalue weighted by atomic mass is 10.1. The highest BCUT2D eigenvalue weighted by Gasteiger charge is 2.37. The molecule has 156 valence electrons. The third-order valence-electron chi connectivity index (χ3n) is 6.05. The lowest BCUT2D eigenvalue weighted by Gasteiger charge is -2.37. The van der Waals surface area contributed by atoms with Gasteiger partial charge in [-0.3, -0.25) is 14.4 Å². The fourth-order valence-electron chi connectivity index (χ4n) is 4.20. The molecule has 0 aromatic heterocycles. The van der Waals surface area contributed by atoms with E-state index in [9.17, 15) is 14.4 Å². The van der Waals surface area contributed by atoms with Crippen molar-refractivity contribution < 1.29 is 14.4 Å². The Bertz CT molecular complexity index is 945. The van der Waals surface area contributed by atoms with Gasteiger partial charge in [-0.2, -0.15) is 0 Å². The third-order valence-corrected chi connectivity index (χ3v) is 6.05. The molecular weight excluding hydrogens is 378 g/mol. The molecule has 30 heavy (non-hydrogen) atoms. The molecule has 4 rings (SSSR count). The van der Waals surface area contributed by atoms with Crippen LogP contribution in [0, 0.1) is 12.8 Å². The maximum atomic E-state index is 13.0. The van der Waals surface area contributed by atoms with Crippen LogP contribution >= 0.6 is 0 Å². The number of aryl methyl sites for hydroxylation is 1. The molecule has 6 nitrogen and oxygen atoms in total. The van der Waals surface area contributed by atoms with Crippen LogP contribution in [0.1, 0.15) is 29.3 Å². The molecule has 0 N–H and O–H groups in total. The Kier molecular flexibility index (Phi) is 5.57. The Morgan fingerprint density at radius 2 is 1.47 bits per heavy atom. The summed E-state index contributed by atoms with van der Waals surface area (Å²) in [6.07, 6.45) is 0.277. The van der Waals surface area contributed by atoms with Crippen molar-refractivity contribution in [3.05, 3.63) is 59.7 Å². The van der Waals surface area contributed by atoms with Crippen LogP contribution in [0.15, 0.2) is 48.5 Å². The highest BCUT2D eigenvalue weighted by molar-refractivity contribution is 6.00. The largest absolute Gasteiger partial charge is 0.368 e. The van der Waals surface area contributed by atoms with Gasteiger partial charge in [0.2, 0.25) is 11.8 Å². The Hall–Kier alpha value is -3.15. The molecule has 0 aliphatic carbocycles. The number of hydrogen-bond acceptors (Lipinski definition) is 4. The summed E-state index contributed by atoms with van der Waals surface area (Å²) in [5.41, 5.74) is 3.77. The Morgan fingerprint density at radius 3 is 2.07 bits per heavy atom. The maximum absolute atomic E-state index is 13.0. The first-order chi connectivity index (χ1) is 14.4. The van der Waals surface area contributed by atoms with Gasteiger partial charge in [-0.25, -0.2) is 0 Å². The van der Waals surface area contributed by atoms with Crippen molar-refractivity contribution in [1.29, 1.82) is 0 Å². The zero-order valence-corrected chi connectivity index (χ0v) is 17.5. The standard InChI is InChI=1S/C24H27N3O3/c1-17-3-7-22(8-4-17)27-16-20(15-23(27)29)24(30)26-13-11-25(12-14-26)21-9-5-19(6-10-21)18(2)28/h3-10,20H,11-16H2,1-2H3/t20-/m0/s1. The minimum absolute atomic E-state index is 0.0152. The lowest BCUT2D eigenvalue weighted by Crippen LogP contribution is -2.50. The second kappa shape index (κ2) is 8.30. The lowest BCUT2D eigenvalue weighted by molar-refractivity contribution is -0.136. The summed E-state index contributed by atoms with van der Waals surface area (Å²) in [5.74, 6) is -0.131. The molecule has 2 aromatic rings. The zero-order valence-electron chi connectivity index (χ0n) is 17.5. The van der Waals surface area contributed by atoms with Crippen molar-refractivity contribution >= 4 is 29.0 Å². The minimum Gasteiger partial charge on any atom is -0.368 e. The topological polar surface area (TPSA) is 60.9 Å². The van der Waals surface area contributed by atoms with Gasteiger partial charge in [0.25, 0.3) is 0 Å². The molecule has 2 amide bonds. The quantitative estimate of drug-likeness (QED) is 0.734.